The molecule has 3 N–H and O–H groups in total. The molecule has 0 saturated heterocycles. The van der Waals surface area contributed by atoms with Gasteiger partial charge in [-0.3, -0.25) is 4.98 Å². The molecule has 138 valence electrons. The summed E-state index contributed by atoms with van der Waals surface area (Å²) in [5, 5.41) is 10.8. The van der Waals surface area contributed by atoms with Crippen LogP contribution in [0.4, 0.5) is 11.5 Å². The fraction of sp³-hybridized carbons (Fsp3) is 0.273. The van der Waals surface area contributed by atoms with E-state index in [9.17, 15) is 0 Å². The molecule has 0 unspecified atom stereocenters. The summed E-state index contributed by atoms with van der Waals surface area (Å²) in [6.45, 7) is 3.75. The third-order valence-corrected chi connectivity index (χ3v) is 4.95. The zero-order chi connectivity index (χ0) is 18.5. The van der Waals surface area contributed by atoms with Crippen molar-refractivity contribution in [2.45, 2.75) is 25.4 Å². The van der Waals surface area contributed by atoms with Crippen molar-refractivity contribution >= 4 is 11.5 Å². The van der Waals surface area contributed by atoms with E-state index in [4.69, 9.17) is 0 Å². The molecule has 5 nitrogen and oxygen atoms in total. The van der Waals surface area contributed by atoms with Crippen LogP contribution in [0.5, 0.6) is 0 Å². The van der Waals surface area contributed by atoms with Crippen molar-refractivity contribution in [3.8, 4) is 0 Å². The van der Waals surface area contributed by atoms with Crippen LogP contribution in [0.3, 0.4) is 0 Å². The van der Waals surface area contributed by atoms with Gasteiger partial charge in [-0.1, -0.05) is 36.4 Å². The Bertz CT molecular complexity index is 863. The van der Waals surface area contributed by atoms with Gasteiger partial charge < -0.3 is 16.0 Å². The molecule has 2 atom stereocenters. The maximum Gasteiger partial charge on any atom is 0.149 e. The highest BCUT2D eigenvalue weighted by molar-refractivity contribution is 5.67. The molecule has 0 aliphatic carbocycles. The first-order valence-electron chi connectivity index (χ1n) is 9.45. The molecule has 4 rings (SSSR count). The molecule has 0 spiro atoms. The number of hydrogen-bond donors (Lipinski definition) is 3. The summed E-state index contributed by atoms with van der Waals surface area (Å²) in [4.78, 5) is 8.86. The second-order valence-electron chi connectivity index (χ2n) is 6.93. The van der Waals surface area contributed by atoms with Gasteiger partial charge in [-0.15, -0.1) is 0 Å². The molecule has 2 aromatic heterocycles. The van der Waals surface area contributed by atoms with Crippen LogP contribution in [-0.4, -0.2) is 29.1 Å². The van der Waals surface area contributed by atoms with E-state index in [0.29, 0.717) is 0 Å². The number of nitrogens with one attached hydrogen (secondary N) is 3. The van der Waals surface area contributed by atoms with Crippen molar-refractivity contribution in [1.29, 1.82) is 0 Å². The fourth-order valence-electron chi connectivity index (χ4n) is 3.48. The lowest BCUT2D eigenvalue weighted by atomic mass is 9.97. The van der Waals surface area contributed by atoms with Gasteiger partial charge >= 0.3 is 0 Å². The first-order chi connectivity index (χ1) is 13.3. The molecule has 3 heterocycles. The number of nitrogens with zero attached hydrogens (tertiary/aromatic N) is 2. The molecular weight excluding hydrogens is 334 g/mol. The molecular formula is C22H25N5. The maximum atomic E-state index is 4.47. The highest BCUT2D eigenvalue weighted by Gasteiger charge is 2.27. The second kappa shape index (κ2) is 8.18. The van der Waals surface area contributed by atoms with Gasteiger partial charge in [0.05, 0.1) is 17.8 Å². The quantitative estimate of drug-likeness (QED) is 0.628. The van der Waals surface area contributed by atoms with Crippen molar-refractivity contribution < 1.29 is 0 Å². The van der Waals surface area contributed by atoms with Crippen molar-refractivity contribution in [2.75, 3.05) is 23.7 Å². The molecule has 1 aromatic carbocycles. The van der Waals surface area contributed by atoms with Crippen molar-refractivity contribution in [2.24, 2.45) is 0 Å². The summed E-state index contributed by atoms with van der Waals surface area (Å²) in [7, 11) is 0. The Labute approximate surface area is 160 Å². The van der Waals surface area contributed by atoms with E-state index in [1.165, 1.54) is 11.1 Å². The average molecular weight is 359 g/mol. The first kappa shape index (κ1) is 17.5. The molecule has 3 aromatic rings. The van der Waals surface area contributed by atoms with Gasteiger partial charge in [-0.2, -0.15) is 0 Å². The molecule has 0 radical (unpaired) electrons. The Kier molecular flexibility index (Phi) is 5.30. The largest absolute Gasteiger partial charge is 0.380 e. The van der Waals surface area contributed by atoms with Gasteiger partial charge in [0, 0.05) is 24.6 Å². The van der Waals surface area contributed by atoms with Crippen molar-refractivity contribution in [3.63, 3.8) is 0 Å². The van der Waals surface area contributed by atoms with E-state index in [1.807, 2.05) is 25.4 Å². The third-order valence-electron chi connectivity index (χ3n) is 4.95. The molecule has 1 aliphatic rings. The number of benzene rings is 1. The van der Waals surface area contributed by atoms with E-state index in [0.717, 1.165) is 36.7 Å². The van der Waals surface area contributed by atoms with E-state index < -0.39 is 0 Å². The van der Waals surface area contributed by atoms with Crippen LogP contribution in [0, 0.1) is 6.92 Å². The monoisotopic (exact) mass is 359 g/mol. The molecule has 1 aliphatic heterocycles. The molecule has 5 heteroatoms. The second-order valence-corrected chi connectivity index (χ2v) is 6.93. The zero-order valence-corrected chi connectivity index (χ0v) is 15.5. The summed E-state index contributed by atoms with van der Waals surface area (Å²) in [5.74, 6) is 0.916. The fourth-order valence-corrected chi connectivity index (χ4v) is 3.48. The van der Waals surface area contributed by atoms with Gasteiger partial charge in [0.2, 0.25) is 0 Å². The summed E-state index contributed by atoms with van der Waals surface area (Å²) < 4.78 is 0. The van der Waals surface area contributed by atoms with E-state index in [-0.39, 0.29) is 12.1 Å². The van der Waals surface area contributed by atoms with Crippen LogP contribution in [-0.2, 0) is 6.42 Å². The summed E-state index contributed by atoms with van der Waals surface area (Å²) >= 11 is 0. The minimum Gasteiger partial charge on any atom is -0.380 e. The number of pyridine rings is 2. The Morgan fingerprint density at radius 3 is 2.78 bits per heavy atom. The number of rotatable bonds is 6. The van der Waals surface area contributed by atoms with Crippen LogP contribution in [0.25, 0.3) is 0 Å². The highest BCUT2D eigenvalue weighted by Crippen LogP contribution is 2.28. The number of aromatic nitrogens is 2. The van der Waals surface area contributed by atoms with Crippen LogP contribution in [0.1, 0.15) is 22.9 Å². The van der Waals surface area contributed by atoms with Gasteiger partial charge in [0.15, 0.2) is 0 Å². The zero-order valence-electron chi connectivity index (χ0n) is 15.5. The summed E-state index contributed by atoms with van der Waals surface area (Å²) in [6, 6.07) is 19.2. The van der Waals surface area contributed by atoms with E-state index in [2.05, 4.69) is 74.4 Å². The molecule has 0 saturated carbocycles. The number of fused-ring (bicyclic) bond motifs is 1. The molecule has 0 bridgehead atoms. The lowest BCUT2D eigenvalue weighted by Gasteiger charge is -2.34. The standard InChI is InChI=1S/C22H25N5/c1-16-9-10-17(14-25-16)11-13-23-21(18-6-3-2-4-7-18)20-15-26-19-8-5-12-24-22(19)27-20/h2-10,12,14,20-21,23,26H,11,13,15H2,1H3,(H,24,27)/t20-,21-/m1/s1. The number of aryl methyl sites for hydroxylation is 1. The Morgan fingerprint density at radius 1 is 1.07 bits per heavy atom. The third kappa shape index (κ3) is 4.26. The predicted octanol–water partition coefficient (Wildman–Crippen LogP) is 3.56. The highest BCUT2D eigenvalue weighted by atomic mass is 15.2. The Morgan fingerprint density at radius 2 is 1.96 bits per heavy atom. The Balaban J connectivity index is 1.47. The van der Waals surface area contributed by atoms with Crippen molar-refractivity contribution in [1.82, 2.24) is 15.3 Å². The SMILES string of the molecule is Cc1ccc(CCN[C@H](c2ccccc2)[C@H]2CNc3cccnc3N2)cn1. The average Bonchev–Trinajstić information content (AvgIpc) is 2.73. The first-order valence-corrected chi connectivity index (χ1v) is 9.45. The van der Waals surface area contributed by atoms with Crippen LogP contribution >= 0.6 is 0 Å². The normalized spacial score (nSPS) is 16.7. The van der Waals surface area contributed by atoms with Crippen LogP contribution in [0.2, 0.25) is 0 Å². The van der Waals surface area contributed by atoms with Gasteiger partial charge in [-0.25, -0.2) is 4.98 Å². The Hall–Kier alpha value is -2.92. The molecule has 0 amide bonds. The smallest absolute Gasteiger partial charge is 0.149 e. The van der Waals surface area contributed by atoms with E-state index >= 15 is 0 Å². The maximum absolute atomic E-state index is 4.47. The summed E-state index contributed by atoms with van der Waals surface area (Å²) in [5.41, 5.74) is 4.64. The topological polar surface area (TPSA) is 61.9 Å². The van der Waals surface area contributed by atoms with Crippen molar-refractivity contribution in [3.05, 3.63) is 83.8 Å². The molecule has 27 heavy (non-hydrogen) atoms. The lowest BCUT2D eigenvalue weighted by molar-refractivity contribution is 0.472. The van der Waals surface area contributed by atoms with Gasteiger partial charge in [0.25, 0.3) is 0 Å². The lowest BCUT2D eigenvalue weighted by Crippen LogP contribution is -2.44. The summed E-state index contributed by atoms with van der Waals surface area (Å²) in [6.07, 6.45) is 4.74. The van der Waals surface area contributed by atoms with Gasteiger partial charge in [-0.05, 0) is 49.2 Å². The minimum atomic E-state index is 0.187. The number of anilines is 2. The minimum absolute atomic E-state index is 0.187. The number of hydrogen-bond acceptors (Lipinski definition) is 5. The predicted molar refractivity (Wildman–Crippen MR) is 110 cm³/mol. The van der Waals surface area contributed by atoms with Crippen LogP contribution in [0.15, 0.2) is 67.0 Å². The van der Waals surface area contributed by atoms with E-state index in [1.54, 1.807) is 0 Å². The molecule has 0 fully saturated rings. The van der Waals surface area contributed by atoms with Crippen LogP contribution < -0.4 is 16.0 Å². The van der Waals surface area contributed by atoms with Gasteiger partial charge in [0.1, 0.15) is 5.82 Å².